The van der Waals surface area contributed by atoms with E-state index in [4.69, 9.17) is 21.7 Å². The molecule has 1 rings (SSSR count). The van der Waals surface area contributed by atoms with Gasteiger partial charge in [-0.2, -0.15) is 0 Å². The summed E-state index contributed by atoms with van der Waals surface area (Å²) in [5.74, 6) is 0.521. The molecule has 2 N–H and O–H groups in total. The first kappa shape index (κ1) is 12.8. The fourth-order valence-electron chi connectivity index (χ4n) is 1.39. The summed E-state index contributed by atoms with van der Waals surface area (Å²) in [4.78, 5) is 0. The quantitative estimate of drug-likeness (QED) is 0.626. The maximum Gasteiger partial charge on any atom is 0.203 e. The molecule has 0 aliphatic heterocycles. The van der Waals surface area contributed by atoms with E-state index in [9.17, 15) is 0 Å². The summed E-state index contributed by atoms with van der Waals surface area (Å²) in [6.45, 7) is 4.09. The zero-order chi connectivity index (χ0) is 12.1. The molecular formula is C12H17ClN2O. The van der Waals surface area contributed by atoms with Crippen LogP contribution in [0.15, 0.2) is 24.3 Å². The molecule has 0 radical (unpaired) electrons. The molecule has 0 aliphatic carbocycles. The number of hydrogen-bond acceptors (Lipinski definition) is 3. The van der Waals surface area contributed by atoms with Crippen molar-refractivity contribution < 1.29 is 4.74 Å². The summed E-state index contributed by atoms with van der Waals surface area (Å²) in [7, 11) is 1.52. The van der Waals surface area contributed by atoms with E-state index in [0.717, 1.165) is 5.69 Å². The van der Waals surface area contributed by atoms with Gasteiger partial charge in [-0.25, -0.2) is 0 Å². The highest BCUT2D eigenvalue weighted by molar-refractivity contribution is 6.30. The fourth-order valence-corrected chi connectivity index (χ4v) is 1.51. The Morgan fingerprint density at radius 1 is 1.31 bits per heavy atom. The monoisotopic (exact) mass is 240 g/mol. The largest absolute Gasteiger partial charge is 0.483 e. The van der Waals surface area contributed by atoms with Crippen molar-refractivity contribution in [2.45, 2.75) is 19.9 Å². The predicted octanol–water partition coefficient (Wildman–Crippen LogP) is 3.40. The summed E-state index contributed by atoms with van der Waals surface area (Å²) in [5.41, 5.74) is 0.935. The van der Waals surface area contributed by atoms with Crippen LogP contribution >= 0.6 is 11.6 Å². The van der Waals surface area contributed by atoms with Gasteiger partial charge in [-0.05, 0) is 30.2 Å². The fraction of sp³-hybridized carbons (Fsp3) is 0.417. The summed E-state index contributed by atoms with van der Waals surface area (Å²) in [6, 6.07) is 7.29. The lowest BCUT2D eigenvalue weighted by Crippen LogP contribution is -2.34. The highest BCUT2D eigenvalue weighted by atomic mass is 35.5. The lowest BCUT2D eigenvalue weighted by molar-refractivity contribution is 0.366. The van der Waals surface area contributed by atoms with Crippen LogP contribution in [0.5, 0.6) is 0 Å². The van der Waals surface area contributed by atoms with Crippen molar-refractivity contribution in [3.63, 3.8) is 0 Å². The van der Waals surface area contributed by atoms with E-state index in [1.54, 1.807) is 0 Å². The van der Waals surface area contributed by atoms with Gasteiger partial charge in [0, 0.05) is 10.7 Å². The Balaban J connectivity index is 2.75. The third kappa shape index (κ3) is 3.42. The highest BCUT2D eigenvalue weighted by Gasteiger charge is 2.19. The molecular weight excluding hydrogens is 224 g/mol. The van der Waals surface area contributed by atoms with Gasteiger partial charge in [0.15, 0.2) is 0 Å². The number of anilines is 1. The van der Waals surface area contributed by atoms with Crippen molar-refractivity contribution in [2.24, 2.45) is 5.92 Å². The molecule has 0 aromatic heterocycles. The first-order valence-corrected chi connectivity index (χ1v) is 5.57. The standard InChI is InChI=1S/C12H17ClN2O/c1-8(2)11(12(14)16-3)15-10-6-4-9(13)5-7-10/h4-8,11,14-15H,1-3H3. The summed E-state index contributed by atoms with van der Waals surface area (Å²) >= 11 is 5.81. The first-order chi connectivity index (χ1) is 7.54. The zero-order valence-corrected chi connectivity index (χ0v) is 10.5. The molecule has 4 heteroatoms. The highest BCUT2D eigenvalue weighted by Crippen LogP contribution is 2.17. The molecule has 0 heterocycles. The minimum Gasteiger partial charge on any atom is -0.483 e. The van der Waals surface area contributed by atoms with E-state index in [0.29, 0.717) is 5.02 Å². The molecule has 0 saturated carbocycles. The Labute approximate surface area is 101 Å². The number of rotatable bonds is 4. The molecule has 0 aliphatic rings. The minimum atomic E-state index is -0.119. The Bertz CT molecular complexity index is 349. The van der Waals surface area contributed by atoms with E-state index in [1.807, 2.05) is 38.1 Å². The van der Waals surface area contributed by atoms with Crippen LogP contribution in [-0.4, -0.2) is 19.0 Å². The molecule has 16 heavy (non-hydrogen) atoms. The molecule has 3 nitrogen and oxygen atoms in total. The van der Waals surface area contributed by atoms with Gasteiger partial charge in [-0.1, -0.05) is 25.4 Å². The van der Waals surface area contributed by atoms with E-state index >= 15 is 0 Å². The summed E-state index contributed by atoms with van der Waals surface area (Å²) in [6.07, 6.45) is 0. The van der Waals surface area contributed by atoms with Crippen LogP contribution in [0.25, 0.3) is 0 Å². The third-order valence-electron chi connectivity index (χ3n) is 2.34. The van der Waals surface area contributed by atoms with Gasteiger partial charge < -0.3 is 10.1 Å². The second-order valence-corrected chi connectivity index (χ2v) is 4.38. The molecule has 1 atom stereocenters. The SMILES string of the molecule is COC(=N)C(Nc1ccc(Cl)cc1)C(C)C. The van der Waals surface area contributed by atoms with E-state index in [2.05, 4.69) is 5.32 Å². The average molecular weight is 241 g/mol. The second-order valence-electron chi connectivity index (χ2n) is 3.94. The van der Waals surface area contributed by atoms with Crippen molar-refractivity contribution in [3.05, 3.63) is 29.3 Å². The Kier molecular flexibility index (Phi) is 4.62. The van der Waals surface area contributed by atoms with Crippen LogP contribution in [0.3, 0.4) is 0 Å². The van der Waals surface area contributed by atoms with Crippen LogP contribution in [0.2, 0.25) is 5.02 Å². The van der Waals surface area contributed by atoms with Crippen molar-refractivity contribution in [2.75, 3.05) is 12.4 Å². The molecule has 0 amide bonds. The molecule has 0 bridgehead atoms. The smallest absolute Gasteiger partial charge is 0.203 e. The van der Waals surface area contributed by atoms with Gasteiger partial charge in [0.1, 0.15) is 6.04 Å². The van der Waals surface area contributed by atoms with Gasteiger partial charge in [-0.3, -0.25) is 5.41 Å². The third-order valence-corrected chi connectivity index (χ3v) is 2.59. The maximum atomic E-state index is 7.71. The zero-order valence-electron chi connectivity index (χ0n) is 9.75. The van der Waals surface area contributed by atoms with Gasteiger partial charge in [-0.15, -0.1) is 0 Å². The van der Waals surface area contributed by atoms with Crippen molar-refractivity contribution in [3.8, 4) is 0 Å². The van der Waals surface area contributed by atoms with Crippen LogP contribution in [0.1, 0.15) is 13.8 Å². The van der Waals surface area contributed by atoms with E-state index < -0.39 is 0 Å². The predicted molar refractivity (Wildman–Crippen MR) is 68.4 cm³/mol. The minimum absolute atomic E-state index is 0.119. The van der Waals surface area contributed by atoms with E-state index in [-0.39, 0.29) is 17.9 Å². The van der Waals surface area contributed by atoms with Gasteiger partial charge in [0.2, 0.25) is 5.90 Å². The van der Waals surface area contributed by atoms with Crippen LogP contribution in [-0.2, 0) is 4.74 Å². The van der Waals surface area contributed by atoms with Crippen molar-refractivity contribution in [1.82, 2.24) is 0 Å². The molecule has 88 valence electrons. The molecule has 1 aromatic carbocycles. The number of hydrogen-bond donors (Lipinski definition) is 2. The Morgan fingerprint density at radius 2 is 1.88 bits per heavy atom. The van der Waals surface area contributed by atoms with Crippen LogP contribution in [0.4, 0.5) is 5.69 Å². The number of ether oxygens (including phenoxy) is 1. The maximum absolute atomic E-state index is 7.71. The van der Waals surface area contributed by atoms with Gasteiger partial charge >= 0.3 is 0 Å². The lowest BCUT2D eigenvalue weighted by atomic mass is 10.0. The molecule has 0 saturated heterocycles. The van der Waals surface area contributed by atoms with Crippen molar-refractivity contribution >= 4 is 23.2 Å². The normalized spacial score (nSPS) is 12.3. The second kappa shape index (κ2) is 5.75. The Morgan fingerprint density at radius 3 is 2.31 bits per heavy atom. The Hall–Kier alpha value is -1.22. The number of nitrogens with one attached hydrogen (secondary N) is 2. The number of benzene rings is 1. The molecule has 0 spiro atoms. The van der Waals surface area contributed by atoms with Gasteiger partial charge in [0.05, 0.1) is 7.11 Å². The van der Waals surface area contributed by atoms with E-state index in [1.165, 1.54) is 7.11 Å². The molecule has 1 aromatic rings. The number of halogens is 1. The van der Waals surface area contributed by atoms with Crippen LogP contribution in [0, 0.1) is 11.3 Å². The molecule has 1 unspecified atom stereocenters. The van der Waals surface area contributed by atoms with Crippen molar-refractivity contribution in [1.29, 1.82) is 5.41 Å². The number of methoxy groups -OCH3 is 1. The lowest BCUT2D eigenvalue weighted by Gasteiger charge is -2.23. The summed E-state index contributed by atoms with van der Waals surface area (Å²) < 4.78 is 4.96. The first-order valence-electron chi connectivity index (χ1n) is 5.19. The average Bonchev–Trinajstić information content (AvgIpc) is 2.27. The topological polar surface area (TPSA) is 45.1 Å². The van der Waals surface area contributed by atoms with Crippen LogP contribution < -0.4 is 5.32 Å². The molecule has 0 fully saturated rings. The van der Waals surface area contributed by atoms with Gasteiger partial charge in [0.25, 0.3) is 0 Å². The summed E-state index contributed by atoms with van der Waals surface area (Å²) in [5, 5.41) is 11.7.